The van der Waals surface area contributed by atoms with Gasteiger partial charge in [-0.3, -0.25) is 0 Å². The van der Waals surface area contributed by atoms with Gasteiger partial charge in [-0.15, -0.1) is 0 Å². The first-order valence-corrected chi connectivity index (χ1v) is 3.78. The molecule has 70 valence electrons. The SMILES string of the molecule is Nc1nc(OC2COC2)ncc1F. The van der Waals surface area contributed by atoms with Gasteiger partial charge >= 0.3 is 6.01 Å². The van der Waals surface area contributed by atoms with Gasteiger partial charge in [-0.1, -0.05) is 0 Å². The van der Waals surface area contributed by atoms with E-state index >= 15 is 0 Å². The maximum absolute atomic E-state index is 12.6. The molecule has 0 saturated carbocycles. The molecule has 5 nitrogen and oxygen atoms in total. The molecule has 13 heavy (non-hydrogen) atoms. The zero-order valence-corrected chi connectivity index (χ0v) is 6.74. The summed E-state index contributed by atoms with van der Waals surface area (Å²) in [7, 11) is 0. The smallest absolute Gasteiger partial charge is 0.318 e. The molecule has 0 radical (unpaired) electrons. The summed E-state index contributed by atoms with van der Waals surface area (Å²) in [6.45, 7) is 1.03. The normalized spacial score (nSPS) is 16.7. The average molecular weight is 185 g/mol. The Morgan fingerprint density at radius 1 is 1.62 bits per heavy atom. The first-order valence-electron chi connectivity index (χ1n) is 3.78. The minimum Gasteiger partial charge on any atom is -0.455 e. The molecule has 0 unspecified atom stereocenters. The summed E-state index contributed by atoms with van der Waals surface area (Å²) in [4.78, 5) is 7.23. The fraction of sp³-hybridized carbons (Fsp3) is 0.429. The van der Waals surface area contributed by atoms with E-state index in [1.165, 1.54) is 0 Å². The summed E-state index contributed by atoms with van der Waals surface area (Å²) >= 11 is 0. The Hall–Kier alpha value is -1.43. The number of ether oxygens (including phenoxy) is 2. The second kappa shape index (κ2) is 3.14. The third kappa shape index (κ3) is 1.67. The summed E-state index contributed by atoms with van der Waals surface area (Å²) in [5, 5.41) is 0. The lowest BCUT2D eigenvalue weighted by atomic mass is 10.3. The predicted octanol–water partition coefficient (Wildman–Crippen LogP) is -0.0245. The van der Waals surface area contributed by atoms with Crippen molar-refractivity contribution in [3.63, 3.8) is 0 Å². The number of rotatable bonds is 2. The Balaban J connectivity index is 2.07. The largest absolute Gasteiger partial charge is 0.455 e. The van der Waals surface area contributed by atoms with Crippen molar-refractivity contribution in [3.05, 3.63) is 12.0 Å². The molecule has 1 aliphatic rings. The molecule has 0 aromatic carbocycles. The highest BCUT2D eigenvalue weighted by molar-refractivity contribution is 5.29. The molecule has 2 heterocycles. The molecule has 1 aromatic heterocycles. The van der Waals surface area contributed by atoms with Crippen LogP contribution < -0.4 is 10.5 Å². The van der Waals surface area contributed by atoms with E-state index in [1.54, 1.807) is 0 Å². The second-order valence-electron chi connectivity index (χ2n) is 2.66. The van der Waals surface area contributed by atoms with E-state index in [0.717, 1.165) is 6.20 Å². The Morgan fingerprint density at radius 2 is 2.38 bits per heavy atom. The Kier molecular flexibility index (Phi) is 1.97. The summed E-state index contributed by atoms with van der Waals surface area (Å²) in [6.07, 6.45) is 0.946. The van der Waals surface area contributed by atoms with E-state index < -0.39 is 5.82 Å². The van der Waals surface area contributed by atoms with Crippen molar-refractivity contribution >= 4 is 5.82 Å². The van der Waals surface area contributed by atoms with Gasteiger partial charge in [0.05, 0.1) is 19.4 Å². The van der Waals surface area contributed by atoms with E-state index in [-0.39, 0.29) is 17.9 Å². The van der Waals surface area contributed by atoms with Gasteiger partial charge in [0.25, 0.3) is 0 Å². The molecule has 2 N–H and O–H groups in total. The third-order valence-electron chi connectivity index (χ3n) is 1.63. The highest BCUT2D eigenvalue weighted by Gasteiger charge is 2.21. The van der Waals surface area contributed by atoms with Crippen molar-refractivity contribution in [1.82, 2.24) is 9.97 Å². The Bertz CT molecular complexity index is 317. The van der Waals surface area contributed by atoms with E-state index in [9.17, 15) is 4.39 Å². The van der Waals surface area contributed by atoms with Gasteiger partial charge in [0.15, 0.2) is 11.6 Å². The highest BCUT2D eigenvalue weighted by atomic mass is 19.1. The lowest BCUT2D eigenvalue weighted by Gasteiger charge is -2.25. The van der Waals surface area contributed by atoms with Crippen LogP contribution in [0.3, 0.4) is 0 Å². The minimum absolute atomic E-state index is 0.0372. The minimum atomic E-state index is -0.641. The fourth-order valence-electron chi connectivity index (χ4n) is 0.851. The molecule has 0 atom stereocenters. The van der Waals surface area contributed by atoms with Gasteiger partial charge in [0.1, 0.15) is 6.10 Å². The summed E-state index contributed by atoms with van der Waals surface area (Å²) in [5.41, 5.74) is 5.22. The summed E-state index contributed by atoms with van der Waals surface area (Å²) in [5.74, 6) is -0.845. The van der Waals surface area contributed by atoms with E-state index in [4.69, 9.17) is 15.2 Å². The first kappa shape index (κ1) is 8.18. The van der Waals surface area contributed by atoms with Crippen molar-refractivity contribution < 1.29 is 13.9 Å². The average Bonchev–Trinajstić information content (AvgIpc) is 2.04. The number of nitrogens with zero attached hydrogens (tertiary/aromatic N) is 2. The zero-order valence-electron chi connectivity index (χ0n) is 6.74. The molecule has 6 heteroatoms. The van der Waals surface area contributed by atoms with Crippen LogP contribution in [0.1, 0.15) is 0 Å². The number of nitrogen functional groups attached to an aromatic ring is 1. The van der Waals surface area contributed by atoms with Crippen LogP contribution in [-0.4, -0.2) is 29.3 Å². The van der Waals surface area contributed by atoms with Gasteiger partial charge in [-0.25, -0.2) is 9.37 Å². The number of nitrogens with two attached hydrogens (primary N) is 1. The lowest BCUT2D eigenvalue weighted by Crippen LogP contribution is -2.39. The number of hydrogen-bond donors (Lipinski definition) is 1. The number of halogens is 1. The molecule has 1 saturated heterocycles. The Morgan fingerprint density at radius 3 is 2.92 bits per heavy atom. The molecular formula is C7H8FN3O2. The second-order valence-corrected chi connectivity index (χ2v) is 2.66. The van der Waals surface area contributed by atoms with E-state index in [2.05, 4.69) is 9.97 Å². The Labute approximate surface area is 73.7 Å². The topological polar surface area (TPSA) is 70.3 Å². The predicted molar refractivity (Wildman–Crippen MR) is 41.6 cm³/mol. The van der Waals surface area contributed by atoms with E-state index in [1.807, 2.05) is 0 Å². The molecule has 0 aliphatic carbocycles. The number of hydrogen-bond acceptors (Lipinski definition) is 5. The monoisotopic (exact) mass is 185 g/mol. The van der Waals surface area contributed by atoms with Crippen molar-refractivity contribution in [2.24, 2.45) is 0 Å². The summed E-state index contributed by atoms with van der Waals surface area (Å²) < 4.78 is 22.7. The molecule has 1 aromatic rings. The molecular weight excluding hydrogens is 177 g/mol. The maximum Gasteiger partial charge on any atom is 0.318 e. The van der Waals surface area contributed by atoms with Gasteiger partial charge in [-0.2, -0.15) is 4.98 Å². The van der Waals surface area contributed by atoms with Crippen LogP contribution in [0, 0.1) is 5.82 Å². The van der Waals surface area contributed by atoms with Gasteiger partial charge in [0, 0.05) is 0 Å². The zero-order chi connectivity index (χ0) is 9.26. The molecule has 0 bridgehead atoms. The van der Waals surface area contributed by atoms with Gasteiger partial charge in [-0.05, 0) is 0 Å². The quantitative estimate of drug-likeness (QED) is 0.700. The molecule has 0 spiro atoms. The highest BCUT2D eigenvalue weighted by Crippen LogP contribution is 2.13. The standard InChI is InChI=1S/C7H8FN3O2/c8-5-1-10-7(11-6(5)9)13-4-2-12-3-4/h1,4H,2-3H2,(H2,9,10,11). The van der Waals surface area contributed by atoms with Crippen molar-refractivity contribution in [3.8, 4) is 6.01 Å². The van der Waals surface area contributed by atoms with Gasteiger partial charge < -0.3 is 15.2 Å². The van der Waals surface area contributed by atoms with Crippen molar-refractivity contribution in [2.45, 2.75) is 6.10 Å². The molecule has 2 rings (SSSR count). The van der Waals surface area contributed by atoms with Crippen molar-refractivity contribution in [1.29, 1.82) is 0 Å². The van der Waals surface area contributed by atoms with Crippen LogP contribution in [0.25, 0.3) is 0 Å². The van der Waals surface area contributed by atoms with Gasteiger partial charge in [0.2, 0.25) is 0 Å². The molecule has 1 fully saturated rings. The van der Waals surface area contributed by atoms with E-state index in [0.29, 0.717) is 13.2 Å². The van der Waals surface area contributed by atoms with Crippen LogP contribution in [-0.2, 0) is 4.74 Å². The van der Waals surface area contributed by atoms with Crippen LogP contribution >= 0.6 is 0 Å². The van der Waals surface area contributed by atoms with Crippen LogP contribution in [0.5, 0.6) is 6.01 Å². The van der Waals surface area contributed by atoms with Crippen LogP contribution in [0.4, 0.5) is 10.2 Å². The number of anilines is 1. The molecule has 1 aliphatic heterocycles. The third-order valence-corrected chi connectivity index (χ3v) is 1.63. The number of aromatic nitrogens is 2. The van der Waals surface area contributed by atoms with Crippen molar-refractivity contribution in [2.75, 3.05) is 18.9 Å². The lowest BCUT2D eigenvalue weighted by molar-refractivity contribution is -0.0831. The van der Waals surface area contributed by atoms with Crippen LogP contribution in [0.15, 0.2) is 6.20 Å². The summed E-state index contributed by atoms with van der Waals surface area (Å²) in [6, 6.07) is 0.0900. The maximum atomic E-state index is 12.6. The molecule has 0 amide bonds. The fourth-order valence-corrected chi connectivity index (χ4v) is 0.851. The first-order chi connectivity index (χ1) is 6.25. The van der Waals surface area contributed by atoms with Crippen LogP contribution in [0.2, 0.25) is 0 Å².